The lowest BCUT2D eigenvalue weighted by molar-refractivity contribution is -0.131. The fourth-order valence-corrected chi connectivity index (χ4v) is 1.71. The second kappa shape index (κ2) is 6.21. The molecular weight excluding hydrogens is 230 g/mol. The lowest BCUT2D eigenvalue weighted by atomic mass is 9.96. The molecule has 0 aromatic heterocycles. The summed E-state index contributed by atoms with van der Waals surface area (Å²) < 4.78 is 5.29. The monoisotopic (exact) mass is 249 g/mol. The number of methoxy groups -OCH3 is 1. The van der Waals surface area contributed by atoms with E-state index in [0.717, 1.165) is 23.0 Å². The number of carboxylic acid groups (broad SMARTS) is 1. The van der Waals surface area contributed by atoms with Gasteiger partial charge in [0.2, 0.25) is 0 Å². The van der Waals surface area contributed by atoms with Crippen LogP contribution in [0.15, 0.2) is 30.4 Å². The lowest BCUT2D eigenvalue weighted by Gasteiger charge is -2.15. The van der Waals surface area contributed by atoms with Gasteiger partial charge >= 0.3 is 5.97 Å². The zero-order valence-corrected chi connectivity index (χ0v) is 10.9. The molecule has 0 radical (unpaired) electrons. The van der Waals surface area contributed by atoms with Crippen LogP contribution in [0.25, 0.3) is 0 Å². The smallest absolute Gasteiger partial charge is 0.328 e. The highest BCUT2D eigenvalue weighted by molar-refractivity contribution is 5.79. The molecule has 0 saturated heterocycles. The standard InChI is InChI=1S/C14H19NO3/c1-9(2)11-8-10(4-6-13(11)18-3)12(15)5-7-14(16)17/h4-9,12H,15H2,1-3H3,(H,16,17)/b7-5+. The van der Waals surface area contributed by atoms with Crippen molar-refractivity contribution in [1.82, 2.24) is 0 Å². The number of aliphatic carboxylic acids is 1. The van der Waals surface area contributed by atoms with Crippen molar-refractivity contribution in [3.05, 3.63) is 41.5 Å². The molecule has 0 aliphatic heterocycles. The Hall–Kier alpha value is -1.81. The van der Waals surface area contributed by atoms with Crippen molar-refractivity contribution in [1.29, 1.82) is 0 Å². The molecule has 1 unspecified atom stereocenters. The van der Waals surface area contributed by atoms with E-state index in [0.29, 0.717) is 5.92 Å². The predicted octanol–water partition coefficient (Wildman–Crippen LogP) is 2.46. The number of ether oxygens (including phenoxy) is 1. The van der Waals surface area contributed by atoms with E-state index in [1.165, 1.54) is 6.08 Å². The van der Waals surface area contributed by atoms with Crippen molar-refractivity contribution in [2.24, 2.45) is 5.73 Å². The van der Waals surface area contributed by atoms with Crippen LogP contribution in [0.2, 0.25) is 0 Å². The zero-order valence-electron chi connectivity index (χ0n) is 10.9. The van der Waals surface area contributed by atoms with Crippen LogP contribution in [0.4, 0.5) is 0 Å². The van der Waals surface area contributed by atoms with Gasteiger partial charge in [-0.25, -0.2) is 4.79 Å². The van der Waals surface area contributed by atoms with Crippen LogP contribution in [-0.2, 0) is 4.79 Å². The summed E-state index contributed by atoms with van der Waals surface area (Å²) in [7, 11) is 1.63. The topological polar surface area (TPSA) is 72.5 Å². The summed E-state index contributed by atoms with van der Waals surface area (Å²) >= 11 is 0. The molecule has 1 rings (SSSR count). The first-order chi connectivity index (χ1) is 8.45. The largest absolute Gasteiger partial charge is 0.496 e. The molecule has 4 heteroatoms. The fourth-order valence-electron chi connectivity index (χ4n) is 1.71. The second-order valence-corrected chi connectivity index (χ2v) is 4.38. The highest BCUT2D eigenvalue weighted by Gasteiger charge is 2.11. The van der Waals surface area contributed by atoms with Crippen molar-refractivity contribution in [3.63, 3.8) is 0 Å². The van der Waals surface area contributed by atoms with E-state index in [-0.39, 0.29) is 0 Å². The molecule has 3 N–H and O–H groups in total. The van der Waals surface area contributed by atoms with E-state index in [1.54, 1.807) is 7.11 Å². The summed E-state index contributed by atoms with van der Waals surface area (Å²) in [5, 5.41) is 8.57. The Labute approximate surface area is 107 Å². The molecule has 0 fully saturated rings. The summed E-state index contributed by atoms with van der Waals surface area (Å²) in [6, 6.07) is 5.24. The third kappa shape index (κ3) is 3.60. The summed E-state index contributed by atoms with van der Waals surface area (Å²) in [4.78, 5) is 10.4. The molecule has 0 bridgehead atoms. The van der Waals surface area contributed by atoms with Crippen molar-refractivity contribution in [3.8, 4) is 5.75 Å². The molecule has 0 amide bonds. The lowest BCUT2D eigenvalue weighted by Crippen LogP contribution is -2.09. The van der Waals surface area contributed by atoms with Crippen LogP contribution in [0.1, 0.15) is 36.9 Å². The van der Waals surface area contributed by atoms with Gasteiger partial charge in [0, 0.05) is 12.1 Å². The maximum atomic E-state index is 10.4. The van der Waals surface area contributed by atoms with E-state index in [1.807, 2.05) is 18.2 Å². The number of carbonyl (C=O) groups is 1. The minimum atomic E-state index is -0.997. The van der Waals surface area contributed by atoms with Crippen LogP contribution in [0, 0.1) is 0 Å². The Bertz CT molecular complexity index is 452. The Morgan fingerprint density at radius 3 is 2.61 bits per heavy atom. The molecule has 0 spiro atoms. The van der Waals surface area contributed by atoms with Gasteiger partial charge in [0.15, 0.2) is 0 Å². The SMILES string of the molecule is COc1ccc(C(N)/C=C/C(=O)O)cc1C(C)C. The Morgan fingerprint density at radius 2 is 2.11 bits per heavy atom. The second-order valence-electron chi connectivity index (χ2n) is 4.38. The Balaban J connectivity index is 3.04. The van der Waals surface area contributed by atoms with Crippen LogP contribution in [0.5, 0.6) is 5.75 Å². The molecule has 98 valence electrons. The number of benzene rings is 1. The van der Waals surface area contributed by atoms with Crippen LogP contribution >= 0.6 is 0 Å². The van der Waals surface area contributed by atoms with Crippen LogP contribution in [0.3, 0.4) is 0 Å². The molecule has 0 heterocycles. The first kappa shape index (κ1) is 14.3. The number of nitrogens with two attached hydrogens (primary N) is 1. The van der Waals surface area contributed by atoms with Gasteiger partial charge in [-0.15, -0.1) is 0 Å². The number of hydrogen-bond donors (Lipinski definition) is 2. The third-order valence-electron chi connectivity index (χ3n) is 2.71. The summed E-state index contributed by atoms with van der Waals surface area (Å²) in [6.07, 6.45) is 2.53. The van der Waals surface area contributed by atoms with E-state index in [4.69, 9.17) is 15.6 Å². The van der Waals surface area contributed by atoms with Gasteiger partial charge in [0.1, 0.15) is 5.75 Å². The molecular formula is C14H19NO3. The molecule has 0 aliphatic rings. The Morgan fingerprint density at radius 1 is 1.44 bits per heavy atom. The van der Waals surface area contributed by atoms with Gasteiger partial charge < -0.3 is 15.6 Å². The van der Waals surface area contributed by atoms with Crippen molar-refractivity contribution >= 4 is 5.97 Å². The number of carboxylic acids is 1. The predicted molar refractivity (Wildman–Crippen MR) is 70.8 cm³/mol. The summed E-state index contributed by atoms with van der Waals surface area (Å²) in [5.74, 6) is 0.141. The average Bonchev–Trinajstić information content (AvgIpc) is 2.34. The van der Waals surface area contributed by atoms with E-state index in [2.05, 4.69) is 13.8 Å². The maximum Gasteiger partial charge on any atom is 0.328 e. The van der Waals surface area contributed by atoms with Crippen LogP contribution < -0.4 is 10.5 Å². The number of rotatable bonds is 5. The minimum Gasteiger partial charge on any atom is -0.496 e. The first-order valence-corrected chi connectivity index (χ1v) is 5.80. The molecule has 4 nitrogen and oxygen atoms in total. The third-order valence-corrected chi connectivity index (χ3v) is 2.71. The quantitative estimate of drug-likeness (QED) is 0.786. The summed E-state index contributed by atoms with van der Waals surface area (Å²) in [5.41, 5.74) is 7.85. The van der Waals surface area contributed by atoms with Crippen molar-refractivity contribution in [2.75, 3.05) is 7.11 Å². The average molecular weight is 249 g/mol. The van der Waals surface area contributed by atoms with Gasteiger partial charge in [0.25, 0.3) is 0 Å². The van der Waals surface area contributed by atoms with E-state index in [9.17, 15) is 4.79 Å². The van der Waals surface area contributed by atoms with Crippen LogP contribution in [-0.4, -0.2) is 18.2 Å². The van der Waals surface area contributed by atoms with Gasteiger partial charge in [0.05, 0.1) is 7.11 Å². The molecule has 18 heavy (non-hydrogen) atoms. The summed E-state index contributed by atoms with van der Waals surface area (Å²) in [6.45, 7) is 4.14. The zero-order chi connectivity index (χ0) is 13.7. The highest BCUT2D eigenvalue weighted by Crippen LogP contribution is 2.29. The molecule has 1 aromatic rings. The van der Waals surface area contributed by atoms with Crippen molar-refractivity contribution in [2.45, 2.75) is 25.8 Å². The van der Waals surface area contributed by atoms with Gasteiger partial charge in [-0.1, -0.05) is 26.0 Å². The first-order valence-electron chi connectivity index (χ1n) is 5.80. The van der Waals surface area contributed by atoms with Crippen molar-refractivity contribution < 1.29 is 14.6 Å². The molecule has 0 aliphatic carbocycles. The van der Waals surface area contributed by atoms with Gasteiger partial charge in [-0.2, -0.15) is 0 Å². The minimum absolute atomic E-state index is 0.315. The molecule has 1 atom stereocenters. The Kier molecular flexibility index (Phi) is 4.92. The van der Waals surface area contributed by atoms with E-state index < -0.39 is 12.0 Å². The maximum absolute atomic E-state index is 10.4. The van der Waals surface area contributed by atoms with Gasteiger partial charge in [-0.3, -0.25) is 0 Å². The normalized spacial score (nSPS) is 12.9. The highest BCUT2D eigenvalue weighted by atomic mass is 16.5. The molecule has 0 saturated carbocycles. The fraction of sp³-hybridized carbons (Fsp3) is 0.357. The van der Waals surface area contributed by atoms with E-state index >= 15 is 0 Å². The van der Waals surface area contributed by atoms with Gasteiger partial charge in [-0.05, 0) is 29.2 Å². The molecule has 1 aromatic carbocycles. The number of hydrogen-bond acceptors (Lipinski definition) is 3.